The number of nitrogens with zero attached hydrogens (tertiary/aromatic N) is 5. The summed E-state index contributed by atoms with van der Waals surface area (Å²) in [6.07, 6.45) is 7.08. The Labute approximate surface area is 134 Å². The van der Waals surface area contributed by atoms with Crippen molar-refractivity contribution in [1.29, 1.82) is 0 Å². The fourth-order valence-electron chi connectivity index (χ4n) is 3.00. The second-order valence-corrected chi connectivity index (χ2v) is 5.66. The van der Waals surface area contributed by atoms with Gasteiger partial charge in [-0.15, -0.1) is 0 Å². The first kappa shape index (κ1) is 14.0. The standard InChI is InChI=1S/C17H17N5O/c1-2-5-13(6-3-1)12-22-10-4-7-15(22)17-20-16(21-23-17)14-11-18-8-9-19-14/h1-3,5-6,8-9,11,15H,4,7,10,12H2/t15-/m1/s1. The summed E-state index contributed by atoms with van der Waals surface area (Å²) in [6.45, 7) is 1.94. The summed E-state index contributed by atoms with van der Waals surface area (Å²) < 4.78 is 5.50. The zero-order valence-corrected chi connectivity index (χ0v) is 12.7. The molecule has 0 bridgehead atoms. The molecule has 1 saturated heterocycles. The lowest BCUT2D eigenvalue weighted by atomic mass is 10.2. The highest BCUT2D eigenvalue weighted by Gasteiger charge is 2.30. The van der Waals surface area contributed by atoms with Gasteiger partial charge >= 0.3 is 0 Å². The summed E-state index contributed by atoms with van der Waals surface area (Å²) in [5, 5.41) is 4.06. The van der Waals surface area contributed by atoms with Crippen molar-refractivity contribution in [2.45, 2.75) is 25.4 Å². The average molecular weight is 307 g/mol. The maximum Gasteiger partial charge on any atom is 0.244 e. The predicted octanol–water partition coefficient (Wildman–Crippen LogP) is 2.86. The molecule has 0 N–H and O–H groups in total. The van der Waals surface area contributed by atoms with Gasteiger partial charge in [-0.25, -0.2) is 4.98 Å². The molecule has 1 aromatic carbocycles. The summed E-state index contributed by atoms with van der Waals surface area (Å²) in [4.78, 5) is 15.2. The summed E-state index contributed by atoms with van der Waals surface area (Å²) >= 11 is 0. The topological polar surface area (TPSA) is 67.9 Å². The minimum atomic E-state index is 0.174. The normalized spacial score (nSPS) is 18.3. The van der Waals surface area contributed by atoms with E-state index in [4.69, 9.17) is 4.52 Å². The molecule has 0 amide bonds. The third-order valence-electron chi connectivity index (χ3n) is 4.11. The SMILES string of the molecule is c1ccc(CN2CCC[C@@H]2c2nc(-c3cnccn3)no2)cc1. The molecule has 0 radical (unpaired) electrons. The summed E-state index contributed by atoms with van der Waals surface area (Å²) in [7, 11) is 0. The van der Waals surface area contributed by atoms with Crippen molar-refractivity contribution in [3.63, 3.8) is 0 Å². The molecule has 0 unspecified atom stereocenters. The lowest BCUT2D eigenvalue weighted by molar-refractivity contribution is 0.201. The van der Waals surface area contributed by atoms with Crippen LogP contribution in [0.5, 0.6) is 0 Å². The van der Waals surface area contributed by atoms with Crippen molar-refractivity contribution >= 4 is 0 Å². The van der Waals surface area contributed by atoms with E-state index in [-0.39, 0.29) is 6.04 Å². The molecule has 6 heteroatoms. The van der Waals surface area contributed by atoms with Crippen LogP contribution in [0, 0.1) is 0 Å². The van der Waals surface area contributed by atoms with Crippen molar-refractivity contribution in [2.24, 2.45) is 0 Å². The first-order chi connectivity index (χ1) is 11.4. The summed E-state index contributed by atoms with van der Waals surface area (Å²) in [5.74, 6) is 1.17. The Bertz CT molecular complexity index is 759. The average Bonchev–Trinajstić information content (AvgIpc) is 3.25. The predicted molar refractivity (Wildman–Crippen MR) is 84.2 cm³/mol. The molecule has 3 aromatic rings. The van der Waals surface area contributed by atoms with Crippen molar-refractivity contribution < 1.29 is 4.52 Å². The second kappa shape index (κ2) is 6.26. The Morgan fingerprint density at radius 3 is 2.91 bits per heavy atom. The Balaban J connectivity index is 1.54. The van der Waals surface area contributed by atoms with Crippen LogP contribution in [-0.2, 0) is 6.54 Å². The number of rotatable bonds is 4. The van der Waals surface area contributed by atoms with Crippen LogP contribution in [0.2, 0.25) is 0 Å². The van der Waals surface area contributed by atoms with Gasteiger partial charge < -0.3 is 4.52 Å². The molecule has 1 aliphatic heterocycles. The van der Waals surface area contributed by atoms with Gasteiger partial charge in [0.05, 0.1) is 12.2 Å². The van der Waals surface area contributed by atoms with Crippen LogP contribution in [0.1, 0.15) is 30.3 Å². The molecule has 0 aliphatic carbocycles. The molecular weight excluding hydrogens is 290 g/mol. The lowest BCUT2D eigenvalue weighted by Crippen LogP contribution is -2.22. The van der Waals surface area contributed by atoms with Gasteiger partial charge in [-0.2, -0.15) is 4.98 Å². The third kappa shape index (κ3) is 2.98. The maximum absolute atomic E-state index is 5.50. The van der Waals surface area contributed by atoms with Gasteiger partial charge in [0, 0.05) is 18.9 Å². The van der Waals surface area contributed by atoms with Crippen LogP contribution in [0.4, 0.5) is 0 Å². The molecule has 1 aliphatic rings. The van der Waals surface area contributed by atoms with Crippen molar-refractivity contribution in [1.82, 2.24) is 25.0 Å². The van der Waals surface area contributed by atoms with Crippen LogP contribution < -0.4 is 0 Å². The Morgan fingerprint density at radius 1 is 1.17 bits per heavy atom. The Morgan fingerprint density at radius 2 is 2.09 bits per heavy atom. The van der Waals surface area contributed by atoms with E-state index in [0.717, 1.165) is 25.9 Å². The van der Waals surface area contributed by atoms with Gasteiger partial charge in [0.1, 0.15) is 5.69 Å². The molecule has 6 nitrogen and oxygen atoms in total. The number of hydrogen-bond donors (Lipinski definition) is 0. The van der Waals surface area contributed by atoms with Gasteiger partial charge in [0.25, 0.3) is 0 Å². The number of hydrogen-bond acceptors (Lipinski definition) is 6. The van der Waals surface area contributed by atoms with E-state index >= 15 is 0 Å². The molecule has 1 atom stereocenters. The number of aromatic nitrogens is 4. The highest BCUT2D eigenvalue weighted by molar-refractivity contribution is 5.45. The minimum absolute atomic E-state index is 0.174. The number of benzene rings is 1. The van der Waals surface area contributed by atoms with E-state index in [1.165, 1.54) is 5.56 Å². The fourth-order valence-corrected chi connectivity index (χ4v) is 3.00. The van der Waals surface area contributed by atoms with Gasteiger partial charge in [-0.05, 0) is 24.9 Å². The monoisotopic (exact) mass is 307 g/mol. The van der Waals surface area contributed by atoms with Crippen molar-refractivity contribution in [3.8, 4) is 11.5 Å². The first-order valence-corrected chi connectivity index (χ1v) is 7.78. The summed E-state index contributed by atoms with van der Waals surface area (Å²) in [5.41, 5.74) is 1.93. The highest BCUT2D eigenvalue weighted by atomic mass is 16.5. The van der Waals surface area contributed by atoms with Gasteiger partial charge in [-0.1, -0.05) is 35.5 Å². The van der Waals surface area contributed by atoms with E-state index in [0.29, 0.717) is 17.4 Å². The highest BCUT2D eigenvalue weighted by Crippen LogP contribution is 2.32. The molecule has 2 aromatic heterocycles. The first-order valence-electron chi connectivity index (χ1n) is 7.78. The minimum Gasteiger partial charge on any atom is -0.337 e. The summed E-state index contributed by atoms with van der Waals surface area (Å²) in [6, 6.07) is 10.6. The molecule has 4 rings (SSSR count). The molecule has 1 fully saturated rings. The molecule has 3 heterocycles. The molecular formula is C17H17N5O. The maximum atomic E-state index is 5.50. The van der Waals surface area contributed by atoms with E-state index in [2.05, 4.69) is 49.3 Å². The zero-order valence-electron chi connectivity index (χ0n) is 12.7. The number of likely N-dealkylation sites (tertiary alicyclic amines) is 1. The lowest BCUT2D eigenvalue weighted by Gasteiger charge is -2.21. The quantitative estimate of drug-likeness (QED) is 0.738. The fraction of sp³-hybridized carbons (Fsp3) is 0.294. The van der Waals surface area contributed by atoms with Crippen molar-refractivity contribution in [2.75, 3.05) is 6.54 Å². The zero-order chi connectivity index (χ0) is 15.5. The van der Waals surface area contributed by atoms with E-state index < -0.39 is 0 Å². The van der Waals surface area contributed by atoms with Crippen LogP contribution in [0.15, 0.2) is 53.4 Å². The smallest absolute Gasteiger partial charge is 0.244 e. The van der Waals surface area contributed by atoms with Crippen molar-refractivity contribution in [3.05, 3.63) is 60.4 Å². The largest absolute Gasteiger partial charge is 0.337 e. The van der Waals surface area contributed by atoms with Crippen LogP contribution >= 0.6 is 0 Å². The van der Waals surface area contributed by atoms with E-state index in [9.17, 15) is 0 Å². The Kier molecular flexibility index (Phi) is 3.81. The molecule has 0 spiro atoms. The van der Waals surface area contributed by atoms with Gasteiger partial charge in [0.15, 0.2) is 0 Å². The van der Waals surface area contributed by atoms with Gasteiger partial charge in [-0.3, -0.25) is 9.88 Å². The van der Waals surface area contributed by atoms with Gasteiger partial charge in [0.2, 0.25) is 11.7 Å². The van der Waals surface area contributed by atoms with Crippen LogP contribution in [-0.4, -0.2) is 31.6 Å². The third-order valence-corrected chi connectivity index (χ3v) is 4.11. The molecule has 0 saturated carbocycles. The second-order valence-electron chi connectivity index (χ2n) is 5.66. The van der Waals surface area contributed by atoms with E-state index in [1.807, 2.05) is 6.07 Å². The van der Waals surface area contributed by atoms with E-state index in [1.54, 1.807) is 18.6 Å². The van der Waals surface area contributed by atoms with Crippen LogP contribution in [0.25, 0.3) is 11.5 Å². The molecule has 116 valence electrons. The Hall–Kier alpha value is -2.60. The van der Waals surface area contributed by atoms with Crippen LogP contribution in [0.3, 0.4) is 0 Å². The molecule has 23 heavy (non-hydrogen) atoms.